The second-order valence-electron chi connectivity index (χ2n) is 6.25. The van der Waals surface area contributed by atoms with E-state index in [9.17, 15) is 9.59 Å². The Morgan fingerprint density at radius 2 is 1.96 bits per heavy atom. The third-order valence-corrected chi connectivity index (χ3v) is 5.52. The van der Waals surface area contributed by atoms with E-state index in [1.54, 1.807) is 11.3 Å². The molecule has 1 aromatic carbocycles. The molecule has 2 aliphatic heterocycles. The van der Waals surface area contributed by atoms with Crippen LogP contribution in [0.15, 0.2) is 59.1 Å². The number of aryl methyl sites for hydroxylation is 1. The van der Waals surface area contributed by atoms with E-state index in [1.165, 1.54) is 5.56 Å². The molecule has 5 nitrogen and oxygen atoms in total. The second-order valence-corrected chi connectivity index (χ2v) is 7.23. The number of nitrogens with one attached hydrogen (secondary N) is 2. The van der Waals surface area contributed by atoms with Crippen molar-refractivity contribution < 1.29 is 9.59 Å². The van der Waals surface area contributed by atoms with Crippen LogP contribution in [-0.2, 0) is 11.2 Å². The van der Waals surface area contributed by atoms with Crippen LogP contribution in [0.5, 0.6) is 0 Å². The Morgan fingerprint density at radius 1 is 1.12 bits per heavy atom. The van der Waals surface area contributed by atoms with E-state index in [1.807, 2.05) is 40.6 Å². The first kappa shape index (κ1) is 15.9. The highest BCUT2D eigenvalue weighted by molar-refractivity contribution is 7.10. The highest BCUT2D eigenvalue weighted by Gasteiger charge is 2.40. The number of thiophene rings is 1. The predicted molar refractivity (Wildman–Crippen MR) is 97.1 cm³/mol. The van der Waals surface area contributed by atoms with Gasteiger partial charge in [-0.05, 0) is 29.9 Å². The lowest BCUT2D eigenvalue weighted by atomic mass is 10.0. The van der Waals surface area contributed by atoms with Gasteiger partial charge >= 0.3 is 6.03 Å². The largest absolute Gasteiger partial charge is 0.333 e. The summed E-state index contributed by atoms with van der Waals surface area (Å²) >= 11 is 1.55. The number of carbonyl (C=O) groups is 2. The maximum absolute atomic E-state index is 12.9. The monoisotopic (exact) mass is 353 g/mol. The van der Waals surface area contributed by atoms with E-state index in [0.717, 1.165) is 23.4 Å². The van der Waals surface area contributed by atoms with Crippen LogP contribution >= 0.6 is 11.3 Å². The topological polar surface area (TPSA) is 61.4 Å². The van der Waals surface area contributed by atoms with Gasteiger partial charge in [0, 0.05) is 11.4 Å². The third-order valence-electron chi connectivity index (χ3n) is 4.58. The SMILES string of the molecule is O=C1NC2=C(C(=O)N(CCCc3ccccc3)C2)[C@H](c2cccs2)N1. The molecule has 2 N–H and O–H groups in total. The Bertz CT molecular complexity index is 814. The van der Waals surface area contributed by atoms with Gasteiger partial charge < -0.3 is 15.5 Å². The lowest BCUT2D eigenvalue weighted by Crippen LogP contribution is -2.44. The molecule has 3 amide bonds. The summed E-state index contributed by atoms with van der Waals surface area (Å²) in [5, 5.41) is 7.65. The number of urea groups is 1. The van der Waals surface area contributed by atoms with Gasteiger partial charge in [-0.2, -0.15) is 0 Å². The van der Waals surface area contributed by atoms with Crippen molar-refractivity contribution in [1.29, 1.82) is 0 Å². The molecule has 3 heterocycles. The standard InChI is InChI=1S/C19H19N3O2S/c23-18-16-14(20-19(24)21-17(16)15-9-5-11-25-15)12-22(18)10-4-8-13-6-2-1-3-7-13/h1-3,5-7,9,11,17H,4,8,10,12H2,(H2,20,21,24)/t17-/m0/s1. The summed E-state index contributed by atoms with van der Waals surface area (Å²) in [5.74, 6) is 0.0222. The Balaban J connectivity index is 1.45. The second kappa shape index (κ2) is 6.72. The number of rotatable bonds is 5. The van der Waals surface area contributed by atoms with Crippen molar-refractivity contribution in [3.8, 4) is 0 Å². The summed E-state index contributed by atoms with van der Waals surface area (Å²) in [6, 6.07) is 13.6. The van der Waals surface area contributed by atoms with Gasteiger partial charge in [0.1, 0.15) is 0 Å². The lowest BCUT2D eigenvalue weighted by molar-refractivity contribution is -0.125. The van der Waals surface area contributed by atoms with Crippen molar-refractivity contribution >= 4 is 23.3 Å². The third kappa shape index (κ3) is 3.17. The molecule has 1 aromatic heterocycles. The van der Waals surface area contributed by atoms with Crippen molar-refractivity contribution in [2.45, 2.75) is 18.9 Å². The summed E-state index contributed by atoms with van der Waals surface area (Å²) in [6.07, 6.45) is 1.84. The van der Waals surface area contributed by atoms with Gasteiger partial charge in [-0.25, -0.2) is 4.79 Å². The normalized spacial score (nSPS) is 19.7. The van der Waals surface area contributed by atoms with Crippen molar-refractivity contribution in [1.82, 2.24) is 15.5 Å². The van der Waals surface area contributed by atoms with Crippen molar-refractivity contribution in [2.24, 2.45) is 0 Å². The molecule has 128 valence electrons. The molecule has 0 saturated heterocycles. The van der Waals surface area contributed by atoms with Gasteiger partial charge in [-0.1, -0.05) is 36.4 Å². The zero-order chi connectivity index (χ0) is 17.2. The van der Waals surface area contributed by atoms with Gasteiger partial charge in [-0.3, -0.25) is 4.79 Å². The van der Waals surface area contributed by atoms with E-state index in [2.05, 4.69) is 22.8 Å². The molecular weight excluding hydrogens is 334 g/mol. The van der Waals surface area contributed by atoms with Crippen LogP contribution in [-0.4, -0.2) is 29.9 Å². The maximum Gasteiger partial charge on any atom is 0.319 e. The number of carbonyl (C=O) groups excluding carboxylic acids is 2. The molecule has 0 spiro atoms. The number of amides is 3. The van der Waals surface area contributed by atoms with Crippen LogP contribution in [0, 0.1) is 0 Å². The number of benzene rings is 1. The molecule has 2 aliphatic rings. The molecule has 0 bridgehead atoms. The Kier molecular flexibility index (Phi) is 4.28. The average Bonchev–Trinajstić information content (AvgIpc) is 3.24. The number of hydrogen-bond acceptors (Lipinski definition) is 3. The van der Waals surface area contributed by atoms with E-state index >= 15 is 0 Å². The van der Waals surface area contributed by atoms with Gasteiger partial charge in [0.15, 0.2) is 0 Å². The van der Waals surface area contributed by atoms with Crippen molar-refractivity contribution in [2.75, 3.05) is 13.1 Å². The fraction of sp³-hybridized carbons (Fsp3) is 0.263. The fourth-order valence-electron chi connectivity index (χ4n) is 3.40. The van der Waals surface area contributed by atoms with Gasteiger partial charge in [0.05, 0.1) is 23.9 Å². The molecular formula is C19H19N3O2S. The Morgan fingerprint density at radius 3 is 2.72 bits per heavy atom. The highest BCUT2D eigenvalue weighted by Crippen LogP contribution is 2.34. The minimum atomic E-state index is -0.338. The molecule has 6 heteroatoms. The van der Waals surface area contributed by atoms with E-state index in [0.29, 0.717) is 18.7 Å². The predicted octanol–water partition coefficient (Wildman–Crippen LogP) is 2.83. The smallest absolute Gasteiger partial charge is 0.319 e. The summed E-state index contributed by atoms with van der Waals surface area (Å²) < 4.78 is 0. The molecule has 0 aliphatic carbocycles. The van der Waals surface area contributed by atoms with Crippen LogP contribution in [0.1, 0.15) is 22.9 Å². The highest BCUT2D eigenvalue weighted by atomic mass is 32.1. The quantitative estimate of drug-likeness (QED) is 0.868. The minimum absolute atomic E-state index is 0.0222. The minimum Gasteiger partial charge on any atom is -0.333 e. The molecule has 4 rings (SSSR count). The van der Waals surface area contributed by atoms with Crippen LogP contribution < -0.4 is 10.6 Å². The van der Waals surface area contributed by atoms with Gasteiger partial charge in [0.2, 0.25) is 0 Å². The molecule has 0 unspecified atom stereocenters. The van der Waals surface area contributed by atoms with E-state index < -0.39 is 0 Å². The van der Waals surface area contributed by atoms with Gasteiger partial charge in [-0.15, -0.1) is 11.3 Å². The van der Waals surface area contributed by atoms with Crippen LogP contribution in [0.4, 0.5) is 4.79 Å². The Labute approximate surface area is 150 Å². The zero-order valence-corrected chi connectivity index (χ0v) is 14.5. The number of nitrogens with zero attached hydrogens (tertiary/aromatic N) is 1. The molecule has 0 radical (unpaired) electrons. The summed E-state index contributed by atoms with van der Waals surface area (Å²) in [5.41, 5.74) is 2.70. The number of hydrogen-bond donors (Lipinski definition) is 2. The summed E-state index contributed by atoms with van der Waals surface area (Å²) in [6.45, 7) is 1.17. The molecule has 2 aromatic rings. The fourth-order valence-corrected chi connectivity index (χ4v) is 4.18. The first-order chi connectivity index (χ1) is 12.2. The van der Waals surface area contributed by atoms with E-state index in [4.69, 9.17) is 0 Å². The molecule has 0 fully saturated rings. The first-order valence-corrected chi connectivity index (χ1v) is 9.27. The Hall–Kier alpha value is -2.60. The van der Waals surface area contributed by atoms with Crippen molar-refractivity contribution in [3.05, 3.63) is 69.6 Å². The van der Waals surface area contributed by atoms with E-state index in [-0.39, 0.29) is 18.0 Å². The maximum atomic E-state index is 12.9. The van der Waals surface area contributed by atoms with Crippen molar-refractivity contribution in [3.63, 3.8) is 0 Å². The lowest BCUT2D eigenvalue weighted by Gasteiger charge is -2.24. The zero-order valence-electron chi connectivity index (χ0n) is 13.7. The first-order valence-electron chi connectivity index (χ1n) is 8.39. The molecule has 1 atom stereocenters. The molecule has 25 heavy (non-hydrogen) atoms. The average molecular weight is 353 g/mol. The van der Waals surface area contributed by atoms with Crippen LogP contribution in [0.25, 0.3) is 0 Å². The van der Waals surface area contributed by atoms with Crippen LogP contribution in [0.2, 0.25) is 0 Å². The van der Waals surface area contributed by atoms with Gasteiger partial charge in [0.25, 0.3) is 5.91 Å². The summed E-state index contributed by atoms with van der Waals surface area (Å²) in [7, 11) is 0. The molecule has 0 saturated carbocycles. The van der Waals surface area contributed by atoms with Crippen LogP contribution in [0.3, 0.4) is 0 Å². The summed E-state index contributed by atoms with van der Waals surface area (Å²) in [4.78, 5) is 27.6.